The fraction of sp³-hybridized carbons (Fsp3) is 0.548. The summed E-state index contributed by atoms with van der Waals surface area (Å²) in [5, 5.41) is 0. The van der Waals surface area contributed by atoms with Crippen molar-refractivity contribution in [3.63, 3.8) is 0 Å². The van der Waals surface area contributed by atoms with Gasteiger partial charge in [0.1, 0.15) is 18.2 Å². The van der Waals surface area contributed by atoms with E-state index in [9.17, 15) is 9.59 Å². The van der Waals surface area contributed by atoms with Crippen molar-refractivity contribution in [3.8, 4) is 11.5 Å². The Morgan fingerprint density at radius 1 is 0.649 bits per heavy atom. The van der Waals surface area contributed by atoms with E-state index < -0.39 is 0 Å². The number of hydrogen-bond donors (Lipinski definition) is 0. The van der Waals surface area contributed by atoms with E-state index in [0.717, 1.165) is 75.3 Å². The summed E-state index contributed by atoms with van der Waals surface area (Å²) in [6.07, 6.45) is 11.2. The van der Waals surface area contributed by atoms with Gasteiger partial charge < -0.3 is 9.47 Å². The molecule has 200 valence electrons. The number of carbonyl (C=O) groups excluding carboxylic acids is 2. The van der Waals surface area contributed by atoms with Gasteiger partial charge in [-0.05, 0) is 61.8 Å². The molecule has 0 saturated heterocycles. The van der Waals surface area contributed by atoms with Gasteiger partial charge in [-0.2, -0.15) is 0 Å². The number of nitrogens with zero attached hydrogens (tertiary/aromatic N) is 2. The minimum atomic E-state index is -0.379. The second-order valence-corrected chi connectivity index (χ2v) is 10.3. The van der Waals surface area contributed by atoms with E-state index in [4.69, 9.17) is 9.47 Å². The summed E-state index contributed by atoms with van der Waals surface area (Å²) in [5.41, 5.74) is 2.00. The van der Waals surface area contributed by atoms with Gasteiger partial charge in [0.05, 0.1) is 0 Å². The molecule has 0 atom stereocenters. The summed E-state index contributed by atoms with van der Waals surface area (Å²) >= 11 is 0. The number of para-hydroxylation sites is 2. The smallest absolute Gasteiger partial charge is 0.410 e. The molecule has 6 nitrogen and oxygen atoms in total. The molecule has 37 heavy (non-hydrogen) atoms. The molecule has 2 amide bonds. The summed E-state index contributed by atoms with van der Waals surface area (Å²) in [7, 11) is 0. The minimum Gasteiger partial charge on any atom is -0.410 e. The number of rotatable bonds is 8. The molecular formula is C31H42N2O4. The van der Waals surface area contributed by atoms with E-state index in [1.165, 1.54) is 12.8 Å². The van der Waals surface area contributed by atoms with Crippen LogP contribution in [0.5, 0.6) is 11.5 Å². The third-order valence-corrected chi connectivity index (χ3v) is 7.91. The topological polar surface area (TPSA) is 59.1 Å². The van der Waals surface area contributed by atoms with Crippen LogP contribution in [0, 0.1) is 0 Å². The van der Waals surface area contributed by atoms with Crippen LogP contribution in [0.15, 0.2) is 48.5 Å². The van der Waals surface area contributed by atoms with E-state index in [2.05, 4.69) is 13.8 Å². The Balaban J connectivity index is 1.59. The number of benzene rings is 2. The maximum Gasteiger partial charge on any atom is 0.416 e. The molecule has 0 spiro atoms. The van der Waals surface area contributed by atoms with E-state index in [0.29, 0.717) is 11.5 Å². The fourth-order valence-electron chi connectivity index (χ4n) is 5.69. The lowest BCUT2D eigenvalue weighted by atomic mass is 9.93. The van der Waals surface area contributed by atoms with Gasteiger partial charge in [-0.15, -0.1) is 0 Å². The number of aryl methyl sites for hydroxylation is 2. The van der Waals surface area contributed by atoms with Crippen molar-refractivity contribution in [1.29, 1.82) is 0 Å². The maximum absolute atomic E-state index is 13.7. The third kappa shape index (κ3) is 7.06. The molecule has 2 fully saturated rings. The zero-order chi connectivity index (χ0) is 26.0. The Morgan fingerprint density at radius 2 is 1.03 bits per heavy atom. The summed E-state index contributed by atoms with van der Waals surface area (Å²) in [6, 6.07) is 15.5. The quantitative estimate of drug-likeness (QED) is 0.344. The highest BCUT2D eigenvalue weighted by Crippen LogP contribution is 2.29. The lowest BCUT2D eigenvalue weighted by Gasteiger charge is -2.40. The molecule has 0 heterocycles. The first-order chi connectivity index (χ1) is 18.1. The molecule has 2 aliphatic carbocycles. The summed E-state index contributed by atoms with van der Waals surface area (Å²) < 4.78 is 12.0. The molecule has 0 radical (unpaired) electrons. The molecule has 6 heteroatoms. The van der Waals surface area contributed by atoms with Gasteiger partial charge >= 0.3 is 12.2 Å². The van der Waals surface area contributed by atoms with Crippen molar-refractivity contribution < 1.29 is 19.1 Å². The van der Waals surface area contributed by atoms with Crippen LogP contribution in [-0.2, 0) is 12.8 Å². The van der Waals surface area contributed by atoms with Crippen LogP contribution in [-0.4, -0.2) is 40.7 Å². The van der Waals surface area contributed by atoms with Crippen LogP contribution in [0.2, 0.25) is 0 Å². The van der Waals surface area contributed by atoms with Crippen LogP contribution in [0.25, 0.3) is 0 Å². The standard InChI is InChI=1S/C31H42N2O4/c1-3-24-15-11-13-21-28(24)36-30(34)32(26-17-7-5-8-18-26)23-33(27-19-9-6-10-20-27)31(35)37-29-22-14-12-16-25(29)4-2/h11-16,21-22,26-27H,3-10,17-20,23H2,1-2H3. The predicted molar refractivity (Wildman–Crippen MR) is 146 cm³/mol. The SMILES string of the molecule is CCc1ccccc1OC(=O)N(CN(C(=O)Oc1ccccc1CC)C1CCCCC1)C1CCCCC1. The van der Waals surface area contributed by atoms with Gasteiger partial charge in [0.25, 0.3) is 0 Å². The summed E-state index contributed by atoms with van der Waals surface area (Å²) in [4.78, 5) is 31.0. The van der Waals surface area contributed by atoms with Crippen molar-refractivity contribution in [2.75, 3.05) is 6.67 Å². The molecule has 2 aromatic rings. The molecule has 0 aromatic heterocycles. The molecule has 0 unspecified atom stereocenters. The van der Waals surface area contributed by atoms with E-state index in [-0.39, 0.29) is 30.9 Å². The molecule has 2 aliphatic rings. The van der Waals surface area contributed by atoms with E-state index in [1.54, 1.807) is 9.80 Å². The Labute approximate surface area is 221 Å². The van der Waals surface area contributed by atoms with Crippen molar-refractivity contribution in [2.45, 2.75) is 103 Å². The number of hydrogen-bond acceptors (Lipinski definition) is 4. The van der Waals surface area contributed by atoms with Crippen LogP contribution >= 0.6 is 0 Å². The Bertz CT molecular complexity index is 946. The Morgan fingerprint density at radius 3 is 1.41 bits per heavy atom. The molecule has 2 aromatic carbocycles. The minimum absolute atomic E-state index is 0.0526. The predicted octanol–water partition coefficient (Wildman–Crippen LogP) is 7.74. The molecule has 4 rings (SSSR count). The first-order valence-corrected chi connectivity index (χ1v) is 14.2. The second-order valence-electron chi connectivity index (χ2n) is 10.3. The number of ether oxygens (including phenoxy) is 2. The second kappa shape index (κ2) is 13.5. The van der Waals surface area contributed by atoms with Crippen molar-refractivity contribution in [2.24, 2.45) is 0 Å². The Hall–Kier alpha value is -3.02. The fourth-order valence-corrected chi connectivity index (χ4v) is 5.69. The molecule has 0 N–H and O–H groups in total. The van der Waals surface area contributed by atoms with Gasteiger partial charge in [-0.25, -0.2) is 9.59 Å². The summed E-state index contributed by atoms with van der Waals surface area (Å²) in [5.74, 6) is 1.19. The number of amides is 2. The average Bonchev–Trinajstić information content (AvgIpc) is 2.95. The van der Waals surface area contributed by atoms with Gasteiger partial charge in [-0.3, -0.25) is 9.80 Å². The largest absolute Gasteiger partial charge is 0.416 e. The first-order valence-electron chi connectivity index (χ1n) is 14.2. The Kier molecular flexibility index (Phi) is 9.86. The number of carbonyl (C=O) groups is 2. The van der Waals surface area contributed by atoms with Crippen molar-refractivity contribution in [3.05, 3.63) is 59.7 Å². The molecular weight excluding hydrogens is 464 g/mol. The van der Waals surface area contributed by atoms with Gasteiger partial charge in [0.15, 0.2) is 0 Å². The third-order valence-electron chi connectivity index (χ3n) is 7.91. The van der Waals surface area contributed by atoms with Crippen LogP contribution < -0.4 is 9.47 Å². The highest BCUT2D eigenvalue weighted by Gasteiger charge is 2.35. The van der Waals surface area contributed by atoms with Crippen molar-refractivity contribution in [1.82, 2.24) is 9.80 Å². The van der Waals surface area contributed by atoms with Gasteiger partial charge in [-0.1, -0.05) is 88.8 Å². The highest BCUT2D eigenvalue weighted by atomic mass is 16.6. The van der Waals surface area contributed by atoms with Gasteiger partial charge in [0, 0.05) is 12.1 Å². The highest BCUT2D eigenvalue weighted by molar-refractivity contribution is 5.74. The molecule has 0 aliphatic heterocycles. The zero-order valence-electron chi connectivity index (χ0n) is 22.5. The van der Waals surface area contributed by atoms with Gasteiger partial charge in [0.2, 0.25) is 0 Å². The van der Waals surface area contributed by atoms with Crippen LogP contribution in [0.4, 0.5) is 9.59 Å². The maximum atomic E-state index is 13.7. The van der Waals surface area contributed by atoms with Crippen molar-refractivity contribution >= 4 is 12.2 Å². The lowest BCUT2D eigenvalue weighted by molar-refractivity contribution is 0.0471. The van der Waals surface area contributed by atoms with E-state index >= 15 is 0 Å². The monoisotopic (exact) mass is 506 g/mol. The molecule has 2 saturated carbocycles. The molecule has 0 bridgehead atoms. The van der Waals surface area contributed by atoms with E-state index in [1.807, 2.05) is 48.5 Å². The van der Waals surface area contributed by atoms with Crippen LogP contribution in [0.1, 0.15) is 89.2 Å². The lowest BCUT2D eigenvalue weighted by Crippen LogP contribution is -2.54. The average molecular weight is 507 g/mol. The zero-order valence-corrected chi connectivity index (χ0v) is 22.5. The van der Waals surface area contributed by atoms with Crippen LogP contribution in [0.3, 0.4) is 0 Å². The normalized spacial score (nSPS) is 16.7. The first kappa shape index (κ1) is 27.0. The summed E-state index contributed by atoms with van der Waals surface area (Å²) in [6.45, 7) is 4.30.